The van der Waals surface area contributed by atoms with Crippen molar-refractivity contribution in [1.82, 2.24) is 5.32 Å². The van der Waals surface area contributed by atoms with E-state index in [1.807, 2.05) is 6.92 Å². The Bertz CT molecular complexity index is 425. The van der Waals surface area contributed by atoms with E-state index >= 15 is 0 Å². The van der Waals surface area contributed by atoms with Gasteiger partial charge >= 0.3 is 0 Å². The van der Waals surface area contributed by atoms with E-state index in [4.69, 9.17) is 0 Å². The van der Waals surface area contributed by atoms with Crippen LogP contribution in [0.1, 0.15) is 50.3 Å². The van der Waals surface area contributed by atoms with Crippen molar-refractivity contribution in [3.63, 3.8) is 0 Å². The molecule has 2 nitrogen and oxygen atoms in total. The first kappa shape index (κ1) is 13.4. The molecular formula is C16H25NO. The second-order valence-corrected chi connectivity index (χ2v) is 6.56. The molecule has 2 N–H and O–H groups in total. The molecule has 1 unspecified atom stereocenters. The Morgan fingerprint density at radius 2 is 2.06 bits per heavy atom. The highest BCUT2D eigenvalue weighted by molar-refractivity contribution is 5.46. The summed E-state index contributed by atoms with van der Waals surface area (Å²) in [5.41, 5.74) is 3.40. The van der Waals surface area contributed by atoms with E-state index in [-0.39, 0.29) is 5.41 Å². The molecule has 1 aliphatic heterocycles. The van der Waals surface area contributed by atoms with Gasteiger partial charge in [0.2, 0.25) is 0 Å². The highest BCUT2D eigenvalue weighted by atomic mass is 16.3. The molecule has 0 aromatic heterocycles. The summed E-state index contributed by atoms with van der Waals surface area (Å²) < 4.78 is 0. The van der Waals surface area contributed by atoms with Crippen molar-refractivity contribution in [1.29, 1.82) is 0 Å². The smallest absolute Gasteiger partial charge is 0.122 e. The molecule has 1 fully saturated rings. The average molecular weight is 247 g/mol. The highest BCUT2D eigenvalue weighted by Crippen LogP contribution is 2.34. The number of rotatable bonds is 2. The normalized spacial score (nSPS) is 20.3. The van der Waals surface area contributed by atoms with Crippen LogP contribution in [-0.2, 0) is 11.8 Å². The van der Waals surface area contributed by atoms with Gasteiger partial charge in [-0.05, 0) is 54.8 Å². The Balaban J connectivity index is 2.28. The van der Waals surface area contributed by atoms with Crippen LogP contribution in [0.15, 0.2) is 12.1 Å². The first-order chi connectivity index (χ1) is 8.38. The summed E-state index contributed by atoms with van der Waals surface area (Å²) in [5, 5.41) is 13.7. The largest absolute Gasteiger partial charge is 0.507 e. The summed E-state index contributed by atoms with van der Waals surface area (Å²) in [5.74, 6) is 0.464. The van der Waals surface area contributed by atoms with E-state index in [9.17, 15) is 5.11 Å². The number of phenolic OH excluding ortho intramolecular Hbond substituents is 1. The van der Waals surface area contributed by atoms with Crippen LogP contribution in [0.4, 0.5) is 0 Å². The molecule has 0 bridgehead atoms. The highest BCUT2D eigenvalue weighted by Gasteiger charge is 2.21. The third kappa shape index (κ3) is 2.86. The van der Waals surface area contributed by atoms with Crippen molar-refractivity contribution >= 4 is 0 Å². The number of phenols is 1. The number of nitrogens with one attached hydrogen (secondary N) is 1. The molecule has 1 saturated heterocycles. The predicted molar refractivity (Wildman–Crippen MR) is 76.3 cm³/mol. The molecule has 2 rings (SSSR count). The Morgan fingerprint density at radius 1 is 1.33 bits per heavy atom. The number of aromatic hydroxyl groups is 1. The minimum atomic E-state index is -0.00599. The van der Waals surface area contributed by atoms with Crippen LogP contribution in [0, 0.1) is 6.92 Å². The van der Waals surface area contributed by atoms with Crippen LogP contribution in [0.3, 0.4) is 0 Å². The Labute approximate surface area is 110 Å². The Hall–Kier alpha value is -1.02. The number of hydrogen-bond donors (Lipinski definition) is 2. The molecular weight excluding hydrogens is 222 g/mol. The molecule has 0 radical (unpaired) electrons. The summed E-state index contributed by atoms with van der Waals surface area (Å²) in [4.78, 5) is 0. The minimum Gasteiger partial charge on any atom is -0.507 e. The fourth-order valence-electron chi connectivity index (χ4n) is 2.76. The third-order valence-corrected chi connectivity index (χ3v) is 3.81. The van der Waals surface area contributed by atoms with Gasteiger partial charge in [0.25, 0.3) is 0 Å². The van der Waals surface area contributed by atoms with Crippen molar-refractivity contribution in [2.75, 3.05) is 6.54 Å². The van der Waals surface area contributed by atoms with Gasteiger partial charge in [-0.1, -0.05) is 32.9 Å². The van der Waals surface area contributed by atoms with Gasteiger partial charge in [0.05, 0.1) is 0 Å². The standard InChI is InChI=1S/C16H25NO/c1-11-8-12(9-13-6-5-7-17-13)10-14(15(11)18)16(2,3)4/h8,10,13,17-18H,5-7,9H2,1-4H3. The van der Waals surface area contributed by atoms with E-state index in [1.165, 1.54) is 18.4 Å². The van der Waals surface area contributed by atoms with E-state index in [1.54, 1.807) is 0 Å². The van der Waals surface area contributed by atoms with E-state index in [2.05, 4.69) is 38.2 Å². The summed E-state index contributed by atoms with van der Waals surface area (Å²) in [7, 11) is 0. The monoisotopic (exact) mass is 247 g/mol. The molecule has 1 aliphatic rings. The van der Waals surface area contributed by atoms with Crippen molar-refractivity contribution in [2.24, 2.45) is 0 Å². The lowest BCUT2D eigenvalue weighted by Gasteiger charge is -2.23. The number of aryl methyl sites for hydroxylation is 1. The molecule has 2 heteroatoms. The van der Waals surface area contributed by atoms with Gasteiger partial charge in [0.15, 0.2) is 0 Å². The topological polar surface area (TPSA) is 32.3 Å². The zero-order chi connectivity index (χ0) is 13.3. The van der Waals surface area contributed by atoms with Gasteiger partial charge < -0.3 is 10.4 Å². The molecule has 0 amide bonds. The zero-order valence-electron chi connectivity index (χ0n) is 12.0. The number of hydrogen-bond acceptors (Lipinski definition) is 2. The lowest BCUT2D eigenvalue weighted by atomic mass is 9.83. The van der Waals surface area contributed by atoms with Crippen LogP contribution in [0.5, 0.6) is 5.75 Å². The second kappa shape index (κ2) is 4.93. The molecule has 1 atom stereocenters. The summed E-state index contributed by atoms with van der Waals surface area (Å²) >= 11 is 0. The maximum atomic E-state index is 10.2. The third-order valence-electron chi connectivity index (χ3n) is 3.81. The Morgan fingerprint density at radius 3 is 2.61 bits per heavy atom. The van der Waals surface area contributed by atoms with Gasteiger partial charge in [0, 0.05) is 6.04 Å². The van der Waals surface area contributed by atoms with Crippen LogP contribution < -0.4 is 5.32 Å². The van der Waals surface area contributed by atoms with Gasteiger partial charge in [-0.3, -0.25) is 0 Å². The fraction of sp³-hybridized carbons (Fsp3) is 0.625. The molecule has 1 heterocycles. The lowest BCUT2D eigenvalue weighted by Crippen LogP contribution is -2.24. The maximum Gasteiger partial charge on any atom is 0.122 e. The first-order valence-corrected chi connectivity index (χ1v) is 6.94. The van der Waals surface area contributed by atoms with Crippen molar-refractivity contribution < 1.29 is 5.11 Å². The molecule has 1 aromatic carbocycles. The first-order valence-electron chi connectivity index (χ1n) is 6.94. The van der Waals surface area contributed by atoms with Crippen LogP contribution in [0.25, 0.3) is 0 Å². The quantitative estimate of drug-likeness (QED) is 0.840. The van der Waals surface area contributed by atoms with Crippen molar-refractivity contribution in [3.05, 3.63) is 28.8 Å². The molecule has 0 saturated carbocycles. The summed E-state index contributed by atoms with van der Waals surface area (Å²) in [6.07, 6.45) is 3.63. The van der Waals surface area contributed by atoms with E-state index < -0.39 is 0 Å². The molecule has 18 heavy (non-hydrogen) atoms. The number of benzene rings is 1. The molecule has 1 aromatic rings. The van der Waals surface area contributed by atoms with Gasteiger partial charge in [0.1, 0.15) is 5.75 Å². The zero-order valence-corrected chi connectivity index (χ0v) is 12.0. The molecule has 100 valence electrons. The van der Waals surface area contributed by atoms with Crippen LogP contribution >= 0.6 is 0 Å². The van der Waals surface area contributed by atoms with Crippen molar-refractivity contribution in [3.8, 4) is 5.75 Å². The predicted octanol–water partition coefficient (Wildman–Crippen LogP) is 3.29. The van der Waals surface area contributed by atoms with Crippen molar-refractivity contribution in [2.45, 2.75) is 58.4 Å². The Kier molecular flexibility index (Phi) is 3.67. The van der Waals surface area contributed by atoms with Gasteiger partial charge in [-0.2, -0.15) is 0 Å². The summed E-state index contributed by atoms with van der Waals surface area (Å²) in [6.45, 7) is 9.60. The molecule has 0 aliphatic carbocycles. The fourth-order valence-corrected chi connectivity index (χ4v) is 2.76. The van der Waals surface area contributed by atoms with Crippen LogP contribution in [0.2, 0.25) is 0 Å². The van der Waals surface area contributed by atoms with Crippen LogP contribution in [-0.4, -0.2) is 17.7 Å². The lowest BCUT2D eigenvalue weighted by molar-refractivity contribution is 0.442. The second-order valence-electron chi connectivity index (χ2n) is 6.56. The summed E-state index contributed by atoms with van der Waals surface area (Å²) in [6, 6.07) is 4.93. The minimum absolute atomic E-state index is 0.00599. The van der Waals surface area contributed by atoms with E-state index in [0.717, 1.165) is 24.1 Å². The van der Waals surface area contributed by atoms with Gasteiger partial charge in [-0.25, -0.2) is 0 Å². The average Bonchev–Trinajstić information content (AvgIpc) is 2.74. The van der Waals surface area contributed by atoms with E-state index in [0.29, 0.717) is 11.8 Å². The SMILES string of the molecule is Cc1cc(CC2CCCN2)cc(C(C)(C)C)c1O. The molecule has 0 spiro atoms. The maximum absolute atomic E-state index is 10.2. The van der Waals surface area contributed by atoms with Gasteiger partial charge in [-0.15, -0.1) is 0 Å².